The van der Waals surface area contributed by atoms with Crippen LogP contribution in [0.25, 0.3) is 5.57 Å². The Hall–Kier alpha value is -1.74. The summed E-state index contributed by atoms with van der Waals surface area (Å²) < 4.78 is 0. The molecule has 0 radical (unpaired) electrons. The molecule has 1 N–H and O–H groups in total. The summed E-state index contributed by atoms with van der Waals surface area (Å²) in [4.78, 5) is 4.14. The lowest BCUT2D eigenvalue weighted by Gasteiger charge is -2.39. The van der Waals surface area contributed by atoms with Crippen LogP contribution in [0, 0.1) is 12.8 Å². The van der Waals surface area contributed by atoms with E-state index in [-0.39, 0.29) is 10.8 Å². The average molecular weight is 425 g/mol. The number of nitrogens with zero attached hydrogens (tertiary/aromatic N) is 1. The Morgan fingerprint density at radius 2 is 1.80 bits per heavy atom. The van der Waals surface area contributed by atoms with Gasteiger partial charge in [0.25, 0.3) is 0 Å². The van der Waals surface area contributed by atoms with Gasteiger partial charge < -0.3 is 10.2 Å². The summed E-state index contributed by atoms with van der Waals surface area (Å²) >= 11 is 2.03. The van der Waals surface area contributed by atoms with Crippen molar-refractivity contribution in [2.75, 3.05) is 23.8 Å². The van der Waals surface area contributed by atoms with Crippen molar-refractivity contribution < 1.29 is 0 Å². The van der Waals surface area contributed by atoms with E-state index in [0.717, 1.165) is 17.8 Å². The van der Waals surface area contributed by atoms with Crippen molar-refractivity contribution in [3.63, 3.8) is 0 Å². The third-order valence-electron chi connectivity index (χ3n) is 6.62. The van der Waals surface area contributed by atoms with Crippen molar-refractivity contribution in [2.24, 2.45) is 5.92 Å². The zero-order valence-corrected chi connectivity index (χ0v) is 21.3. The van der Waals surface area contributed by atoms with Gasteiger partial charge in [0.05, 0.1) is 5.00 Å². The van der Waals surface area contributed by atoms with Crippen LogP contribution in [0.3, 0.4) is 0 Å². The number of benzene rings is 1. The number of allylic oxidation sites excluding steroid dienone is 1. The van der Waals surface area contributed by atoms with Crippen LogP contribution in [0.2, 0.25) is 0 Å². The monoisotopic (exact) mass is 424 g/mol. The fourth-order valence-corrected chi connectivity index (χ4v) is 6.51. The van der Waals surface area contributed by atoms with E-state index in [1.54, 1.807) is 10.4 Å². The predicted molar refractivity (Wildman–Crippen MR) is 137 cm³/mol. The van der Waals surface area contributed by atoms with Gasteiger partial charge in [0.1, 0.15) is 0 Å². The third kappa shape index (κ3) is 4.06. The maximum atomic E-state index is 4.15. The van der Waals surface area contributed by atoms with Crippen LogP contribution >= 0.6 is 11.3 Å². The van der Waals surface area contributed by atoms with Gasteiger partial charge >= 0.3 is 0 Å². The number of hydrogen-bond donors (Lipinski definition) is 1. The van der Waals surface area contributed by atoms with Gasteiger partial charge in [-0.1, -0.05) is 54.2 Å². The van der Waals surface area contributed by atoms with Crippen molar-refractivity contribution >= 4 is 33.3 Å². The summed E-state index contributed by atoms with van der Waals surface area (Å²) in [5, 5.41) is 4.80. The van der Waals surface area contributed by atoms with Crippen LogP contribution in [0.5, 0.6) is 0 Å². The second-order valence-corrected chi connectivity index (χ2v) is 11.8. The van der Waals surface area contributed by atoms with E-state index >= 15 is 0 Å². The third-order valence-corrected chi connectivity index (χ3v) is 8.31. The molecule has 3 heteroatoms. The van der Waals surface area contributed by atoms with E-state index in [9.17, 15) is 0 Å². The summed E-state index contributed by atoms with van der Waals surface area (Å²) in [5.74, 6) is 0.573. The van der Waals surface area contributed by atoms with Gasteiger partial charge in [-0.15, -0.1) is 11.3 Å². The normalized spacial score (nSPS) is 17.0. The minimum absolute atomic E-state index is 0.243. The van der Waals surface area contributed by atoms with Gasteiger partial charge in [-0.05, 0) is 72.3 Å². The van der Waals surface area contributed by atoms with Crippen molar-refractivity contribution in [3.05, 3.63) is 46.3 Å². The molecular formula is C27H40N2S. The fourth-order valence-electron chi connectivity index (χ4n) is 4.86. The molecule has 1 heterocycles. The fraction of sp³-hybridized carbons (Fsp3) is 0.556. The predicted octanol–water partition coefficient (Wildman–Crippen LogP) is 8.27. The first kappa shape index (κ1) is 22.9. The summed E-state index contributed by atoms with van der Waals surface area (Å²) in [6, 6.07) is 6.77. The molecule has 0 bridgehead atoms. The lowest BCUT2D eigenvalue weighted by atomic mass is 9.66. The standard InChI is InChI=1S/C27H40N2S/c1-17(2)16-29(20-11-12-21(18(3)4)22(15-20)28-10)25-19(5)23-24(30-25)27(8,9)14-13-26(23,6)7/h11-12,15,17,28H,3,13-14,16H2,1-2,4-10H3. The Balaban J connectivity index is 2.20. The Morgan fingerprint density at radius 1 is 1.17 bits per heavy atom. The van der Waals surface area contributed by atoms with E-state index in [1.807, 2.05) is 18.4 Å². The van der Waals surface area contributed by atoms with Crippen LogP contribution in [-0.2, 0) is 10.8 Å². The largest absolute Gasteiger partial charge is 0.388 e. The Morgan fingerprint density at radius 3 is 2.33 bits per heavy atom. The summed E-state index contributed by atoms with van der Waals surface area (Å²) in [6.07, 6.45) is 2.51. The smallest absolute Gasteiger partial charge is 0.0989 e. The van der Waals surface area contributed by atoms with Gasteiger partial charge in [0.2, 0.25) is 0 Å². The number of hydrogen-bond acceptors (Lipinski definition) is 3. The Bertz CT molecular complexity index is 946. The molecule has 0 atom stereocenters. The molecule has 30 heavy (non-hydrogen) atoms. The van der Waals surface area contributed by atoms with Crippen LogP contribution < -0.4 is 10.2 Å². The molecule has 3 rings (SSSR count). The number of thiophene rings is 1. The second kappa shape index (κ2) is 8.07. The minimum atomic E-state index is 0.243. The maximum absolute atomic E-state index is 4.15. The van der Waals surface area contributed by atoms with Gasteiger partial charge in [-0.25, -0.2) is 0 Å². The van der Waals surface area contributed by atoms with E-state index < -0.39 is 0 Å². The van der Waals surface area contributed by atoms with Gasteiger partial charge in [-0.3, -0.25) is 0 Å². The minimum Gasteiger partial charge on any atom is -0.388 e. The highest BCUT2D eigenvalue weighted by Crippen LogP contribution is 2.54. The first-order valence-corrected chi connectivity index (χ1v) is 12.1. The molecule has 1 aliphatic rings. The first-order chi connectivity index (χ1) is 13.9. The molecular weight excluding hydrogens is 384 g/mol. The second-order valence-electron chi connectivity index (χ2n) is 10.8. The molecule has 164 valence electrons. The Labute approximate surface area is 188 Å². The number of anilines is 3. The molecule has 1 aromatic heterocycles. The molecule has 2 aromatic rings. The quantitative estimate of drug-likeness (QED) is 0.502. The van der Waals surface area contributed by atoms with Crippen LogP contribution in [0.15, 0.2) is 24.8 Å². The van der Waals surface area contributed by atoms with E-state index in [0.29, 0.717) is 5.92 Å². The van der Waals surface area contributed by atoms with Gasteiger partial charge in [-0.2, -0.15) is 0 Å². The molecule has 1 aromatic carbocycles. The van der Waals surface area contributed by atoms with Crippen molar-refractivity contribution in [1.82, 2.24) is 0 Å². The zero-order valence-electron chi connectivity index (χ0n) is 20.5. The summed E-state index contributed by atoms with van der Waals surface area (Å²) in [5.41, 5.74) is 8.25. The number of fused-ring (bicyclic) bond motifs is 1. The topological polar surface area (TPSA) is 15.3 Å². The summed E-state index contributed by atoms with van der Waals surface area (Å²) in [6.45, 7) is 23.9. The van der Waals surface area contributed by atoms with Crippen molar-refractivity contribution in [3.8, 4) is 0 Å². The highest BCUT2D eigenvalue weighted by molar-refractivity contribution is 7.16. The lowest BCUT2D eigenvalue weighted by molar-refractivity contribution is 0.337. The van der Waals surface area contributed by atoms with E-state index in [2.05, 4.69) is 90.4 Å². The van der Waals surface area contributed by atoms with E-state index in [1.165, 1.54) is 34.7 Å². The van der Waals surface area contributed by atoms with Gasteiger partial charge in [0, 0.05) is 35.4 Å². The maximum Gasteiger partial charge on any atom is 0.0989 e. The number of nitrogens with one attached hydrogen (secondary N) is 1. The molecule has 1 aliphatic carbocycles. The molecule has 0 unspecified atom stereocenters. The lowest BCUT2D eigenvalue weighted by Crippen LogP contribution is -2.32. The first-order valence-electron chi connectivity index (χ1n) is 11.3. The molecule has 0 saturated heterocycles. The van der Waals surface area contributed by atoms with Crippen molar-refractivity contribution in [1.29, 1.82) is 0 Å². The zero-order chi connectivity index (χ0) is 22.4. The molecule has 0 amide bonds. The van der Waals surface area contributed by atoms with Gasteiger partial charge in [0.15, 0.2) is 0 Å². The SMILES string of the molecule is C=C(C)c1ccc(N(CC(C)C)c2sc3c(c2C)C(C)(C)CCC3(C)C)cc1NC. The number of rotatable bonds is 6. The molecule has 0 spiro atoms. The highest BCUT2D eigenvalue weighted by atomic mass is 32.1. The molecule has 2 nitrogen and oxygen atoms in total. The molecule has 0 fully saturated rings. The Kier molecular flexibility index (Phi) is 6.17. The highest BCUT2D eigenvalue weighted by Gasteiger charge is 2.41. The molecule has 0 saturated carbocycles. The van der Waals surface area contributed by atoms with Crippen molar-refractivity contribution in [2.45, 2.75) is 79.1 Å². The van der Waals surface area contributed by atoms with Crippen LogP contribution in [-0.4, -0.2) is 13.6 Å². The summed E-state index contributed by atoms with van der Waals surface area (Å²) in [7, 11) is 2.00. The van der Waals surface area contributed by atoms with E-state index in [4.69, 9.17) is 0 Å². The average Bonchev–Trinajstić information content (AvgIpc) is 3.02. The van der Waals surface area contributed by atoms with Crippen LogP contribution in [0.4, 0.5) is 16.4 Å². The van der Waals surface area contributed by atoms with Crippen LogP contribution in [0.1, 0.15) is 82.9 Å². The molecule has 0 aliphatic heterocycles.